The predicted molar refractivity (Wildman–Crippen MR) is 255 cm³/mol. The van der Waals surface area contributed by atoms with Crippen molar-refractivity contribution >= 4 is 34.5 Å². The molecule has 2 aromatic carbocycles. The molecule has 2 saturated heterocycles. The number of ether oxygens (including phenoxy) is 1. The Labute approximate surface area is 389 Å². The molecule has 4 amide bonds. The summed E-state index contributed by atoms with van der Waals surface area (Å²) in [5.74, 6) is -2.29. The fraction of sp³-hybridized carbons (Fsp3) is 0.519. The van der Waals surface area contributed by atoms with Crippen LogP contribution in [0.3, 0.4) is 0 Å². The molecule has 2 fully saturated rings. The molecule has 356 valence electrons. The third kappa shape index (κ3) is 10.9. The molecule has 0 saturated carbocycles. The number of fused-ring (bicyclic) bond motifs is 1. The standard InChI is InChI=1S/C52H69F2N7O5/c1-11-44(62)59-24-20-36(31-59)50(64)58(9)46(32(4)5)49(63)57-42(51(65)61-23-15-14-22-56-61)27-34-25-37(28-38(26-34)48(53)54)35-18-19-43-40(29-35)41(30-52(7,8)12-2)47(60(43)13-3)39-17-16-21-55-45(39)33(6)66-10/h11,16-19,21,25-26,28-29,32-33,36,42,46,48,56H,1,12-15,20,22-24,27,30-31H2,2-10H3,(H,57,63). The van der Waals surface area contributed by atoms with Gasteiger partial charge in [-0.05, 0) is 110 Å². The lowest BCUT2D eigenvalue weighted by Crippen LogP contribution is -2.59. The van der Waals surface area contributed by atoms with Crippen LogP contribution in [0.4, 0.5) is 8.78 Å². The van der Waals surface area contributed by atoms with E-state index in [0.717, 1.165) is 64.7 Å². The van der Waals surface area contributed by atoms with Crippen molar-refractivity contribution in [2.45, 2.75) is 118 Å². The monoisotopic (exact) mass is 910 g/mol. The SMILES string of the molecule is C=CC(=O)N1CCC(C(=O)N(C)C(C(=O)NC(Cc2cc(-c3ccc4c(c3)c(CC(C)(C)CC)c(-c3cccnc3C(C)OC)n4CC)cc(C(F)F)c2)C(=O)N2CCCCN2)C(C)C)C1. The molecule has 2 aliphatic heterocycles. The van der Waals surface area contributed by atoms with Crippen LogP contribution in [0.15, 0.2) is 67.4 Å². The highest BCUT2D eigenvalue weighted by Crippen LogP contribution is 2.42. The highest BCUT2D eigenvalue weighted by Gasteiger charge is 2.39. The lowest BCUT2D eigenvalue weighted by atomic mass is 9.81. The Balaban J connectivity index is 1.41. The molecule has 66 heavy (non-hydrogen) atoms. The van der Waals surface area contributed by atoms with Crippen molar-refractivity contribution in [1.29, 1.82) is 0 Å². The van der Waals surface area contributed by atoms with Crippen molar-refractivity contribution in [3.8, 4) is 22.4 Å². The lowest BCUT2D eigenvalue weighted by Gasteiger charge is -2.35. The Kier molecular flexibility index (Phi) is 16.2. The number of likely N-dealkylation sites (tertiary alicyclic amines) is 1. The van der Waals surface area contributed by atoms with Crippen LogP contribution in [0.1, 0.15) is 109 Å². The molecule has 14 heteroatoms. The largest absolute Gasteiger partial charge is 0.375 e. The number of carbonyl (C=O) groups excluding carboxylic acids is 4. The van der Waals surface area contributed by atoms with Gasteiger partial charge < -0.3 is 24.4 Å². The van der Waals surface area contributed by atoms with Gasteiger partial charge in [0, 0.05) is 81.5 Å². The maximum absolute atomic E-state index is 14.9. The number of nitrogens with one attached hydrogen (secondary N) is 2. The number of aromatic nitrogens is 2. The number of hydrazine groups is 1. The Morgan fingerprint density at radius 1 is 1.05 bits per heavy atom. The summed E-state index contributed by atoms with van der Waals surface area (Å²) in [6, 6.07) is 12.8. The first kappa shape index (κ1) is 50.0. The van der Waals surface area contributed by atoms with E-state index in [4.69, 9.17) is 9.72 Å². The van der Waals surface area contributed by atoms with Crippen LogP contribution in [-0.2, 0) is 43.3 Å². The van der Waals surface area contributed by atoms with E-state index in [9.17, 15) is 28.0 Å². The summed E-state index contributed by atoms with van der Waals surface area (Å²) in [6.07, 6.45) is 3.65. The smallest absolute Gasteiger partial charge is 0.263 e. The predicted octanol–water partition coefficient (Wildman–Crippen LogP) is 8.69. The summed E-state index contributed by atoms with van der Waals surface area (Å²) in [7, 11) is 3.25. The molecule has 0 radical (unpaired) electrons. The number of hydrogen-bond donors (Lipinski definition) is 2. The number of alkyl halides is 2. The van der Waals surface area contributed by atoms with Crippen LogP contribution in [0.2, 0.25) is 0 Å². The quantitative estimate of drug-likeness (QED) is 0.0957. The highest BCUT2D eigenvalue weighted by atomic mass is 19.3. The topological polar surface area (TPSA) is 129 Å². The number of rotatable bonds is 18. The van der Waals surface area contributed by atoms with Crippen LogP contribution in [0.5, 0.6) is 0 Å². The van der Waals surface area contributed by atoms with Gasteiger partial charge in [-0.25, -0.2) is 14.2 Å². The summed E-state index contributed by atoms with van der Waals surface area (Å²) >= 11 is 0. The molecule has 4 heterocycles. The molecule has 2 N–H and O–H groups in total. The molecule has 6 rings (SSSR count). The van der Waals surface area contributed by atoms with E-state index in [0.29, 0.717) is 43.7 Å². The summed E-state index contributed by atoms with van der Waals surface area (Å²) in [5, 5.41) is 5.49. The number of amides is 4. The van der Waals surface area contributed by atoms with E-state index < -0.39 is 36.2 Å². The van der Waals surface area contributed by atoms with Crippen molar-refractivity contribution in [2.24, 2.45) is 17.3 Å². The second-order valence-corrected chi connectivity index (χ2v) is 19.1. The molecular weight excluding hydrogens is 841 g/mol. The van der Waals surface area contributed by atoms with E-state index in [1.54, 1.807) is 25.3 Å². The molecule has 0 bridgehead atoms. The maximum atomic E-state index is 14.9. The van der Waals surface area contributed by atoms with Gasteiger partial charge in [0.1, 0.15) is 12.1 Å². The second-order valence-electron chi connectivity index (χ2n) is 19.1. The number of benzene rings is 2. The van der Waals surface area contributed by atoms with Crippen LogP contribution in [-0.4, -0.2) is 100 Å². The molecule has 2 aliphatic rings. The number of hydrogen-bond acceptors (Lipinski definition) is 7. The zero-order chi connectivity index (χ0) is 48.0. The minimum atomic E-state index is -2.81. The van der Waals surface area contributed by atoms with Gasteiger partial charge >= 0.3 is 0 Å². The van der Waals surface area contributed by atoms with E-state index in [2.05, 4.69) is 67.8 Å². The number of halogens is 2. The van der Waals surface area contributed by atoms with Gasteiger partial charge in [-0.1, -0.05) is 65.8 Å². The van der Waals surface area contributed by atoms with Gasteiger partial charge in [-0.3, -0.25) is 29.2 Å². The van der Waals surface area contributed by atoms with Crippen LogP contribution >= 0.6 is 0 Å². The van der Waals surface area contributed by atoms with Gasteiger partial charge in [0.25, 0.3) is 12.3 Å². The lowest BCUT2D eigenvalue weighted by molar-refractivity contribution is -0.145. The Morgan fingerprint density at radius 3 is 2.44 bits per heavy atom. The first-order valence-electron chi connectivity index (χ1n) is 23.5. The number of methoxy groups -OCH3 is 1. The highest BCUT2D eigenvalue weighted by molar-refractivity contribution is 5.96. The number of nitrogens with zero attached hydrogens (tertiary/aromatic N) is 5. The molecule has 2 aromatic heterocycles. The molecule has 0 aliphatic carbocycles. The van der Waals surface area contributed by atoms with Crippen molar-refractivity contribution in [1.82, 2.24) is 35.1 Å². The van der Waals surface area contributed by atoms with Crippen molar-refractivity contribution in [3.05, 3.63) is 89.8 Å². The average molecular weight is 910 g/mol. The summed E-state index contributed by atoms with van der Waals surface area (Å²) in [4.78, 5) is 62.7. The van der Waals surface area contributed by atoms with Gasteiger partial charge in [0.15, 0.2) is 0 Å². The van der Waals surface area contributed by atoms with Gasteiger partial charge in [-0.15, -0.1) is 0 Å². The van der Waals surface area contributed by atoms with E-state index in [-0.39, 0.29) is 47.8 Å². The summed E-state index contributed by atoms with van der Waals surface area (Å²) in [6.45, 7) is 20.3. The third-order valence-corrected chi connectivity index (χ3v) is 13.6. The minimum Gasteiger partial charge on any atom is -0.375 e. The maximum Gasteiger partial charge on any atom is 0.263 e. The molecule has 0 spiro atoms. The Morgan fingerprint density at radius 2 is 1.80 bits per heavy atom. The first-order valence-corrected chi connectivity index (χ1v) is 23.5. The van der Waals surface area contributed by atoms with E-state index in [1.807, 2.05) is 39.0 Å². The molecule has 4 unspecified atom stereocenters. The Hall–Kier alpha value is -5.47. The van der Waals surface area contributed by atoms with Gasteiger partial charge in [-0.2, -0.15) is 0 Å². The van der Waals surface area contributed by atoms with Gasteiger partial charge in [0.05, 0.1) is 23.4 Å². The average Bonchev–Trinajstić information content (AvgIpc) is 3.93. The Bertz CT molecular complexity index is 2410. The number of carbonyl (C=O) groups is 4. The summed E-state index contributed by atoms with van der Waals surface area (Å²) in [5.41, 5.74) is 9.67. The fourth-order valence-electron chi connectivity index (χ4n) is 9.60. The van der Waals surface area contributed by atoms with Crippen molar-refractivity contribution in [3.63, 3.8) is 0 Å². The van der Waals surface area contributed by atoms with Crippen LogP contribution in [0, 0.1) is 17.3 Å². The molecule has 12 nitrogen and oxygen atoms in total. The molecule has 4 atom stereocenters. The van der Waals surface area contributed by atoms with E-state index >= 15 is 0 Å². The number of pyridine rings is 1. The van der Waals surface area contributed by atoms with Crippen molar-refractivity contribution < 1.29 is 32.7 Å². The van der Waals surface area contributed by atoms with Crippen molar-refractivity contribution in [2.75, 3.05) is 40.3 Å². The minimum absolute atomic E-state index is 0.0644. The first-order chi connectivity index (χ1) is 31.4. The summed E-state index contributed by atoms with van der Waals surface area (Å²) < 4.78 is 38.0. The number of likely N-dealkylation sites (N-methyl/N-ethyl adjacent to an activating group) is 1. The zero-order valence-electron chi connectivity index (χ0n) is 40.3. The second kappa shape index (κ2) is 21.4. The number of aryl methyl sites for hydroxylation is 1. The molecule has 4 aromatic rings. The van der Waals surface area contributed by atoms with Gasteiger partial charge in [0.2, 0.25) is 17.7 Å². The van der Waals surface area contributed by atoms with Crippen LogP contribution in [0.25, 0.3) is 33.3 Å². The molecular formula is C52H69F2N7O5. The fourth-order valence-corrected chi connectivity index (χ4v) is 9.60. The van der Waals surface area contributed by atoms with Crippen LogP contribution < -0.4 is 10.7 Å². The van der Waals surface area contributed by atoms with E-state index in [1.165, 1.54) is 28.1 Å². The normalized spacial score (nSPS) is 17.0. The third-order valence-electron chi connectivity index (χ3n) is 13.6. The zero-order valence-corrected chi connectivity index (χ0v) is 40.3.